The van der Waals surface area contributed by atoms with E-state index in [2.05, 4.69) is 0 Å². The number of furan rings is 1. The highest BCUT2D eigenvalue weighted by atomic mass is 16.9. The molecule has 332 valence electrons. The monoisotopic (exact) mass is 850 g/mol. The van der Waals surface area contributed by atoms with Gasteiger partial charge in [0.1, 0.15) is 23.4 Å². The standard InChI is InChI=1S/C41H54O19/c1-19-37(8,57-19)33(48)56-31-29(53-20(2)42)32(55-22(4)44)41-39(49,17-28(47)51-11)35(6,30(54-21(3)43)23-12-13-52-18-23)15-25(45)40(41)36(7)24(14-27(46)50-10)34(31,5)16-26(36)58-38(9,59-40)60-41/h12-13,18-19,24-26,29-32,45,49H,14-17H2,1-11H3. The van der Waals surface area contributed by atoms with E-state index in [1.807, 2.05) is 0 Å². The summed E-state index contributed by atoms with van der Waals surface area (Å²) in [6.07, 6.45) is -10.5. The highest BCUT2D eigenvalue weighted by Crippen LogP contribution is 2.80. The predicted molar refractivity (Wildman–Crippen MR) is 195 cm³/mol. The molecule has 1 aromatic heterocycles. The molecule has 1 aromatic rings. The molecule has 16 unspecified atom stereocenters. The molecule has 3 aliphatic carbocycles. The van der Waals surface area contributed by atoms with Crippen molar-refractivity contribution in [3.63, 3.8) is 0 Å². The molecule has 7 rings (SSSR count). The van der Waals surface area contributed by atoms with Gasteiger partial charge < -0.3 is 62.0 Å². The van der Waals surface area contributed by atoms with Crippen LogP contribution in [0.2, 0.25) is 0 Å². The molecule has 3 aliphatic heterocycles. The molecule has 60 heavy (non-hydrogen) atoms. The summed E-state index contributed by atoms with van der Waals surface area (Å²) in [5, 5.41) is 27.7. The Kier molecular flexibility index (Phi) is 10.2. The smallest absolute Gasteiger partial charge is 0.341 e. The molecule has 19 nitrogen and oxygen atoms in total. The van der Waals surface area contributed by atoms with Gasteiger partial charge in [0.15, 0.2) is 23.4 Å². The third kappa shape index (κ3) is 5.60. The molecule has 2 N–H and O–H groups in total. The van der Waals surface area contributed by atoms with Gasteiger partial charge in [-0.3, -0.25) is 24.0 Å². The lowest BCUT2D eigenvalue weighted by atomic mass is 9.39. The van der Waals surface area contributed by atoms with Crippen molar-refractivity contribution in [3.8, 4) is 0 Å². The Morgan fingerprint density at radius 3 is 1.98 bits per heavy atom. The van der Waals surface area contributed by atoms with Crippen LogP contribution in [0.25, 0.3) is 0 Å². The summed E-state index contributed by atoms with van der Waals surface area (Å²) in [6, 6.07) is 1.45. The predicted octanol–water partition coefficient (Wildman–Crippen LogP) is 2.11. The molecule has 6 fully saturated rings. The van der Waals surface area contributed by atoms with E-state index in [4.69, 9.17) is 51.8 Å². The molecule has 4 heterocycles. The van der Waals surface area contributed by atoms with E-state index in [1.165, 1.54) is 46.5 Å². The Balaban J connectivity index is 1.66. The van der Waals surface area contributed by atoms with Gasteiger partial charge >= 0.3 is 35.8 Å². The molecule has 3 saturated carbocycles. The van der Waals surface area contributed by atoms with E-state index >= 15 is 0 Å². The van der Waals surface area contributed by atoms with Crippen LogP contribution in [0, 0.1) is 22.2 Å². The molecule has 16 atom stereocenters. The van der Waals surface area contributed by atoms with Gasteiger partial charge in [-0.1, -0.05) is 20.8 Å². The maximum atomic E-state index is 14.4. The summed E-state index contributed by atoms with van der Waals surface area (Å²) >= 11 is 0. The number of fused-ring (bicyclic) bond motifs is 2. The molecule has 19 heteroatoms. The van der Waals surface area contributed by atoms with Gasteiger partial charge in [0.25, 0.3) is 5.97 Å². The second-order valence-electron chi connectivity index (χ2n) is 18.1. The summed E-state index contributed by atoms with van der Waals surface area (Å²) in [6.45, 7) is 12.5. The molecule has 0 radical (unpaired) electrons. The summed E-state index contributed by atoms with van der Waals surface area (Å²) in [5.74, 6) is -8.92. The highest BCUT2D eigenvalue weighted by molar-refractivity contribution is 5.83. The Labute approximate surface area is 345 Å². The fourth-order valence-electron chi connectivity index (χ4n) is 12.1. The SMILES string of the molecule is COC(=O)CC1C2(C)CC3OC4(C)OC5(C(O)CC(C)(C(OC(C)=O)c6ccoc6)C(O)(CC(=O)OC)C5(O4)C(OC(C)=O)C(OC(C)=O)C2OC(=O)C2(C)OC2C)C31C. The Hall–Kier alpha value is -4.14. The third-order valence-corrected chi connectivity index (χ3v) is 14.8. The van der Waals surface area contributed by atoms with Crippen molar-refractivity contribution in [2.24, 2.45) is 22.2 Å². The maximum absolute atomic E-state index is 14.4. The van der Waals surface area contributed by atoms with Crippen molar-refractivity contribution in [2.45, 2.75) is 159 Å². The molecule has 1 spiro atoms. The van der Waals surface area contributed by atoms with Crippen molar-refractivity contribution in [1.82, 2.24) is 0 Å². The van der Waals surface area contributed by atoms with Crippen LogP contribution in [0.15, 0.2) is 23.0 Å². The van der Waals surface area contributed by atoms with Crippen molar-refractivity contribution >= 4 is 35.8 Å². The minimum absolute atomic E-state index is 0.0918. The normalized spacial score (nSPS) is 46.2. The Morgan fingerprint density at radius 2 is 1.45 bits per heavy atom. The fourth-order valence-corrected chi connectivity index (χ4v) is 12.1. The van der Waals surface area contributed by atoms with Crippen LogP contribution in [0.5, 0.6) is 0 Å². The first-order valence-corrected chi connectivity index (χ1v) is 19.9. The third-order valence-electron chi connectivity index (χ3n) is 14.8. The molecule has 4 bridgehead atoms. The molecular weight excluding hydrogens is 796 g/mol. The number of aliphatic hydroxyl groups excluding tert-OH is 1. The summed E-state index contributed by atoms with van der Waals surface area (Å²) < 4.78 is 67.0. The first-order valence-electron chi connectivity index (χ1n) is 19.9. The van der Waals surface area contributed by atoms with Crippen LogP contribution in [-0.2, 0) is 76.1 Å². The van der Waals surface area contributed by atoms with Crippen molar-refractivity contribution < 1.29 is 90.8 Å². The number of epoxide rings is 1. The zero-order valence-electron chi connectivity index (χ0n) is 35.5. The average molecular weight is 851 g/mol. The zero-order chi connectivity index (χ0) is 44.4. The summed E-state index contributed by atoms with van der Waals surface area (Å²) in [4.78, 5) is 82.3. The molecule has 3 saturated heterocycles. The second-order valence-corrected chi connectivity index (χ2v) is 18.1. The van der Waals surface area contributed by atoms with Crippen LogP contribution in [0.4, 0.5) is 0 Å². The van der Waals surface area contributed by atoms with Crippen LogP contribution < -0.4 is 0 Å². The Morgan fingerprint density at radius 1 is 0.833 bits per heavy atom. The topological polar surface area (TPSA) is 252 Å². The summed E-state index contributed by atoms with van der Waals surface area (Å²) in [5.41, 5.74) is -14.8. The molecule has 0 amide bonds. The van der Waals surface area contributed by atoms with Gasteiger partial charge in [-0.15, -0.1) is 0 Å². The molecular formula is C41H54O19. The van der Waals surface area contributed by atoms with Crippen molar-refractivity contribution in [1.29, 1.82) is 0 Å². The first kappa shape index (κ1) is 43.9. The number of hydrogen-bond donors (Lipinski definition) is 2. The number of carbonyl (C=O) groups excluding carboxylic acids is 6. The van der Waals surface area contributed by atoms with E-state index in [9.17, 15) is 39.0 Å². The largest absolute Gasteiger partial charge is 0.472 e. The zero-order valence-corrected chi connectivity index (χ0v) is 35.5. The van der Waals surface area contributed by atoms with Gasteiger partial charge in [0.05, 0.1) is 51.5 Å². The number of ether oxygens (including phenoxy) is 10. The lowest BCUT2D eigenvalue weighted by Gasteiger charge is -2.71. The van der Waals surface area contributed by atoms with Crippen LogP contribution in [0.3, 0.4) is 0 Å². The van der Waals surface area contributed by atoms with Gasteiger partial charge in [0.2, 0.25) is 0 Å². The summed E-state index contributed by atoms with van der Waals surface area (Å²) in [7, 11) is 2.24. The van der Waals surface area contributed by atoms with Crippen LogP contribution >= 0.6 is 0 Å². The van der Waals surface area contributed by atoms with Crippen molar-refractivity contribution in [2.75, 3.05) is 14.2 Å². The average Bonchev–Trinajstić information content (AvgIpc) is 3.46. The van der Waals surface area contributed by atoms with Gasteiger partial charge in [-0.25, -0.2) is 4.79 Å². The maximum Gasteiger partial charge on any atom is 0.341 e. The number of hydrogen-bond acceptors (Lipinski definition) is 19. The molecule has 0 aromatic carbocycles. The number of methoxy groups -OCH3 is 2. The minimum Gasteiger partial charge on any atom is -0.472 e. The van der Waals surface area contributed by atoms with Gasteiger partial charge in [-0.2, -0.15) is 0 Å². The number of esters is 6. The van der Waals surface area contributed by atoms with E-state index in [-0.39, 0.29) is 12.0 Å². The Bertz CT molecular complexity index is 1970. The highest BCUT2D eigenvalue weighted by Gasteiger charge is 2.96. The van der Waals surface area contributed by atoms with E-state index in [1.54, 1.807) is 20.8 Å². The van der Waals surface area contributed by atoms with E-state index < -0.39 is 148 Å². The fraction of sp³-hybridized carbons (Fsp3) is 0.756. The quantitative estimate of drug-likeness (QED) is 0.184. The number of carbonyl (C=O) groups is 6. The number of rotatable bonds is 11. The van der Waals surface area contributed by atoms with Crippen LogP contribution in [0.1, 0.15) is 99.7 Å². The molecule has 6 aliphatic rings. The van der Waals surface area contributed by atoms with E-state index in [0.717, 1.165) is 27.9 Å². The van der Waals surface area contributed by atoms with E-state index in [0.29, 0.717) is 0 Å². The van der Waals surface area contributed by atoms with Crippen molar-refractivity contribution in [3.05, 3.63) is 24.2 Å². The lowest BCUT2D eigenvalue weighted by Crippen LogP contribution is -2.90. The minimum atomic E-state index is -2.91. The van der Waals surface area contributed by atoms with Crippen LogP contribution in [-0.4, -0.2) is 125 Å². The first-order chi connectivity index (χ1) is 27.8. The lowest BCUT2D eigenvalue weighted by molar-refractivity contribution is -0.417. The number of aliphatic hydroxyl groups is 2. The van der Waals surface area contributed by atoms with Gasteiger partial charge in [-0.05, 0) is 38.7 Å². The second kappa shape index (κ2) is 13.9. The van der Waals surface area contributed by atoms with Gasteiger partial charge in [0, 0.05) is 55.9 Å².